The maximum Gasteiger partial charge on any atom is 0.335 e. The molecule has 0 aliphatic carbocycles. The zero-order valence-electron chi connectivity index (χ0n) is 11.7. The van der Waals surface area contributed by atoms with Crippen LogP contribution in [0, 0.1) is 0 Å². The number of carboxylic acids is 1. The lowest BCUT2D eigenvalue weighted by atomic mass is 10.1. The van der Waals surface area contributed by atoms with E-state index in [2.05, 4.69) is 17.3 Å². The van der Waals surface area contributed by atoms with Gasteiger partial charge in [0.15, 0.2) is 0 Å². The topological polar surface area (TPSA) is 53.4 Å². The number of benzene rings is 1. The zero-order chi connectivity index (χ0) is 14.8. The molecular weight excluding hydrogens is 304 g/mol. The van der Waals surface area contributed by atoms with E-state index in [0.717, 1.165) is 28.6 Å². The Morgan fingerprint density at radius 2 is 2.14 bits per heavy atom. The van der Waals surface area contributed by atoms with E-state index in [9.17, 15) is 4.79 Å². The van der Waals surface area contributed by atoms with Crippen LogP contribution in [0.3, 0.4) is 0 Å². The highest BCUT2D eigenvalue weighted by atomic mass is 32.2. The van der Waals surface area contributed by atoms with Crippen LogP contribution in [0.25, 0.3) is 11.3 Å². The highest BCUT2D eigenvalue weighted by Gasteiger charge is 2.24. The molecule has 1 unspecified atom stereocenters. The molecule has 0 spiro atoms. The first-order valence-electron chi connectivity index (χ1n) is 6.72. The maximum absolute atomic E-state index is 10.9. The second kappa shape index (κ2) is 6.17. The van der Waals surface area contributed by atoms with E-state index in [1.54, 1.807) is 23.5 Å². The van der Waals surface area contributed by atoms with Crippen LogP contribution in [-0.4, -0.2) is 46.1 Å². The molecule has 1 aromatic heterocycles. The summed E-state index contributed by atoms with van der Waals surface area (Å²) in [6.45, 7) is 1.09. The first kappa shape index (κ1) is 14.6. The second-order valence-electron chi connectivity index (χ2n) is 5.02. The smallest absolute Gasteiger partial charge is 0.335 e. The first-order valence-corrected chi connectivity index (χ1v) is 8.76. The van der Waals surface area contributed by atoms with Crippen molar-refractivity contribution in [3.63, 3.8) is 0 Å². The number of hydrogen-bond donors (Lipinski definition) is 1. The van der Waals surface area contributed by atoms with Gasteiger partial charge in [-0.05, 0) is 19.2 Å². The molecule has 1 aliphatic heterocycles. The van der Waals surface area contributed by atoms with Crippen molar-refractivity contribution in [2.24, 2.45) is 0 Å². The quantitative estimate of drug-likeness (QED) is 0.941. The van der Waals surface area contributed by atoms with Crippen LogP contribution in [0.1, 0.15) is 21.4 Å². The number of thioether (sulfide) groups is 1. The average molecular weight is 320 g/mol. The van der Waals surface area contributed by atoms with E-state index >= 15 is 0 Å². The van der Waals surface area contributed by atoms with Crippen molar-refractivity contribution in [3.8, 4) is 11.3 Å². The Labute approximate surface area is 131 Å². The van der Waals surface area contributed by atoms with Gasteiger partial charge in [0.2, 0.25) is 0 Å². The molecule has 21 heavy (non-hydrogen) atoms. The number of rotatable bonds is 3. The number of aromatic carboxylic acids is 1. The molecule has 1 N–H and O–H groups in total. The van der Waals surface area contributed by atoms with Crippen molar-refractivity contribution in [2.75, 3.05) is 25.1 Å². The molecule has 2 aromatic rings. The zero-order valence-corrected chi connectivity index (χ0v) is 13.3. The Morgan fingerprint density at radius 1 is 1.38 bits per heavy atom. The molecule has 1 saturated heterocycles. The van der Waals surface area contributed by atoms with Gasteiger partial charge in [-0.3, -0.25) is 4.90 Å². The normalized spacial score (nSPS) is 19.6. The molecule has 1 fully saturated rings. The minimum absolute atomic E-state index is 0.303. The Morgan fingerprint density at radius 3 is 2.81 bits per heavy atom. The van der Waals surface area contributed by atoms with Crippen molar-refractivity contribution in [2.45, 2.75) is 6.04 Å². The number of carbonyl (C=O) groups is 1. The van der Waals surface area contributed by atoms with E-state index in [-0.39, 0.29) is 0 Å². The SMILES string of the molecule is CN1CCSCC1c1nc(-c2ccc(C(=O)O)cc2)cs1. The fourth-order valence-corrected chi connectivity index (χ4v) is 4.62. The van der Waals surface area contributed by atoms with Gasteiger partial charge in [0.1, 0.15) is 5.01 Å². The summed E-state index contributed by atoms with van der Waals surface area (Å²) < 4.78 is 0. The van der Waals surface area contributed by atoms with Gasteiger partial charge in [0.25, 0.3) is 0 Å². The summed E-state index contributed by atoms with van der Waals surface area (Å²) in [6.07, 6.45) is 0. The summed E-state index contributed by atoms with van der Waals surface area (Å²) in [6, 6.07) is 7.28. The van der Waals surface area contributed by atoms with Gasteiger partial charge in [-0.1, -0.05) is 12.1 Å². The number of thiazole rings is 1. The third-order valence-electron chi connectivity index (χ3n) is 3.63. The summed E-state index contributed by atoms with van der Waals surface area (Å²) in [5, 5.41) is 12.1. The van der Waals surface area contributed by atoms with Gasteiger partial charge in [0, 0.05) is 29.0 Å². The molecule has 0 saturated carbocycles. The molecule has 110 valence electrons. The molecule has 1 atom stereocenters. The molecular formula is C15H16N2O2S2. The molecule has 0 radical (unpaired) electrons. The molecule has 1 aromatic carbocycles. The van der Waals surface area contributed by atoms with Crippen LogP contribution in [0.5, 0.6) is 0 Å². The first-order chi connectivity index (χ1) is 10.1. The van der Waals surface area contributed by atoms with Gasteiger partial charge in [0.05, 0.1) is 17.3 Å². The number of aromatic nitrogens is 1. The largest absolute Gasteiger partial charge is 0.478 e. The van der Waals surface area contributed by atoms with Crippen LogP contribution in [0.2, 0.25) is 0 Å². The summed E-state index contributed by atoms with van der Waals surface area (Å²) in [5.41, 5.74) is 2.20. The molecule has 4 nitrogen and oxygen atoms in total. The Kier molecular flexibility index (Phi) is 4.28. The highest BCUT2D eigenvalue weighted by Crippen LogP contribution is 2.32. The highest BCUT2D eigenvalue weighted by molar-refractivity contribution is 7.99. The van der Waals surface area contributed by atoms with E-state index in [1.165, 1.54) is 5.75 Å². The Bertz CT molecular complexity index is 639. The monoisotopic (exact) mass is 320 g/mol. The summed E-state index contributed by atoms with van der Waals surface area (Å²) in [5.74, 6) is 1.37. The fraction of sp³-hybridized carbons (Fsp3) is 0.333. The standard InChI is InChI=1S/C15H16N2O2S2/c1-17-6-7-20-9-13(17)14-16-12(8-21-14)10-2-4-11(5-3-10)15(18)19/h2-5,8,13H,6-7,9H2,1H3,(H,18,19). The van der Waals surface area contributed by atoms with Crippen LogP contribution < -0.4 is 0 Å². The number of carboxylic acid groups (broad SMARTS) is 1. The lowest BCUT2D eigenvalue weighted by Gasteiger charge is -2.30. The van der Waals surface area contributed by atoms with Crippen molar-refractivity contribution in [1.29, 1.82) is 0 Å². The van der Waals surface area contributed by atoms with Crippen LogP contribution in [-0.2, 0) is 0 Å². The van der Waals surface area contributed by atoms with E-state index in [4.69, 9.17) is 10.1 Å². The summed E-state index contributed by atoms with van der Waals surface area (Å²) >= 11 is 3.65. The van der Waals surface area contributed by atoms with E-state index in [1.807, 2.05) is 23.9 Å². The molecule has 0 amide bonds. The second-order valence-corrected chi connectivity index (χ2v) is 7.06. The van der Waals surface area contributed by atoms with Crippen molar-refractivity contribution in [3.05, 3.63) is 40.2 Å². The van der Waals surface area contributed by atoms with Crippen LogP contribution >= 0.6 is 23.1 Å². The minimum Gasteiger partial charge on any atom is -0.478 e. The number of nitrogens with zero attached hydrogens (tertiary/aromatic N) is 2. The third kappa shape index (κ3) is 3.12. The third-order valence-corrected chi connectivity index (χ3v) is 5.60. The van der Waals surface area contributed by atoms with Gasteiger partial charge >= 0.3 is 5.97 Å². The van der Waals surface area contributed by atoms with Gasteiger partial charge < -0.3 is 5.11 Å². The molecule has 3 rings (SSSR count). The van der Waals surface area contributed by atoms with E-state index < -0.39 is 5.97 Å². The Balaban J connectivity index is 1.82. The molecule has 1 aliphatic rings. The van der Waals surface area contributed by atoms with E-state index in [0.29, 0.717) is 11.6 Å². The maximum atomic E-state index is 10.9. The number of hydrogen-bond acceptors (Lipinski definition) is 5. The predicted molar refractivity (Wildman–Crippen MR) is 87.2 cm³/mol. The van der Waals surface area contributed by atoms with Crippen molar-refractivity contribution >= 4 is 29.1 Å². The van der Waals surface area contributed by atoms with Crippen molar-refractivity contribution < 1.29 is 9.90 Å². The van der Waals surface area contributed by atoms with Crippen LogP contribution in [0.15, 0.2) is 29.6 Å². The Hall–Kier alpha value is -1.37. The minimum atomic E-state index is -0.902. The van der Waals surface area contributed by atoms with Gasteiger partial charge in [-0.2, -0.15) is 11.8 Å². The predicted octanol–water partition coefficient (Wildman–Crippen LogP) is 3.23. The molecule has 2 heterocycles. The summed E-state index contributed by atoms with van der Waals surface area (Å²) in [4.78, 5) is 18.0. The fourth-order valence-electron chi connectivity index (χ4n) is 2.30. The lowest BCUT2D eigenvalue weighted by Crippen LogP contribution is -2.32. The van der Waals surface area contributed by atoms with Gasteiger partial charge in [-0.15, -0.1) is 11.3 Å². The average Bonchev–Trinajstić information content (AvgIpc) is 2.97. The summed E-state index contributed by atoms with van der Waals surface area (Å²) in [7, 11) is 2.15. The lowest BCUT2D eigenvalue weighted by molar-refractivity contribution is 0.0697. The van der Waals surface area contributed by atoms with Crippen LogP contribution in [0.4, 0.5) is 0 Å². The van der Waals surface area contributed by atoms with Crippen molar-refractivity contribution in [1.82, 2.24) is 9.88 Å². The molecule has 0 bridgehead atoms. The van der Waals surface area contributed by atoms with Gasteiger partial charge in [-0.25, -0.2) is 9.78 Å². The molecule has 6 heteroatoms.